The van der Waals surface area contributed by atoms with E-state index in [0.717, 1.165) is 6.42 Å². The van der Waals surface area contributed by atoms with Crippen molar-refractivity contribution in [2.24, 2.45) is 0 Å². The van der Waals surface area contributed by atoms with Crippen molar-refractivity contribution >= 4 is 11.6 Å². The second-order valence-corrected chi connectivity index (χ2v) is 4.80. The minimum absolute atomic E-state index is 0.0563. The second-order valence-electron chi connectivity index (χ2n) is 4.80. The van der Waals surface area contributed by atoms with E-state index in [0.29, 0.717) is 23.6 Å². The fourth-order valence-corrected chi connectivity index (χ4v) is 2.42. The van der Waals surface area contributed by atoms with Crippen LogP contribution in [-0.4, -0.2) is 43.7 Å². The van der Waals surface area contributed by atoms with Gasteiger partial charge in [-0.15, -0.1) is 0 Å². The van der Waals surface area contributed by atoms with E-state index in [4.69, 9.17) is 15.2 Å². The summed E-state index contributed by atoms with van der Waals surface area (Å²) in [5.41, 5.74) is 6.82. The van der Waals surface area contributed by atoms with Gasteiger partial charge in [0.05, 0.1) is 24.8 Å². The minimum Gasteiger partial charge on any atom is -0.497 e. The molecule has 1 aliphatic rings. The van der Waals surface area contributed by atoms with E-state index in [1.807, 2.05) is 6.92 Å². The lowest BCUT2D eigenvalue weighted by atomic mass is 10.1. The number of nitrogen functional groups attached to an aromatic ring is 1. The van der Waals surface area contributed by atoms with Crippen molar-refractivity contribution < 1.29 is 14.3 Å². The fraction of sp³-hybridized carbons (Fsp3) is 0.500. The van der Waals surface area contributed by atoms with Gasteiger partial charge in [0, 0.05) is 19.3 Å². The molecule has 1 aliphatic heterocycles. The lowest BCUT2D eigenvalue weighted by Crippen LogP contribution is -2.41. The maximum atomic E-state index is 12.5. The van der Waals surface area contributed by atoms with E-state index in [-0.39, 0.29) is 18.1 Å². The first-order chi connectivity index (χ1) is 9.04. The largest absolute Gasteiger partial charge is 0.497 e. The number of benzene rings is 1. The van der Waals surface area contributed by atoms with Crippen molar-refractivity contribution in [1.29, 1.82) is 0 Å². The predicted molar refractivity (Wildman–Crippen MR) is 73.3 cm³/mol. The quantitative estimate of drug-likeness (QED) is 0.841. The van der Waals surface area contributed by atoms with Crippen LogP contribution in [0.5, 0.6) is 5.75 Å². The van der Waals surface area contributed by atoms with Gasteiger partial charge in [-0.2, -0.15) is 0 Å². The molecule has 0 aromatic heterocycles. The van der Waals surface area contributed by atoms with Gasteiger partial charge in [-0.1, -0.05) is 0 Å². The van der Waals surface area contributed by atoms with Crippen LogP contribution in [0, 0.1) is 0 Å². The number of rotatable bonds is 3. The van der Waals surface area contributed by atoms with Crippen LogP contribution in [0.25, 0.3) is 0 Å². The van der Waals surface area contributed by atoms with Gasteiger partial charge in [-0.25, -0.2) is 0 Å². The van der Waals surface area contributed by atoms with Crippen molar-refractivity contribution in [3.63, 3.8) is 0 Å². The Bertz CT molecular complexity index is 476. The van der Waals surface area contributed by atoms with E-state index in [9.17, 15) is 4.79 Å². The molecule has 104 valence electrons. The Morgan fingerprint density at radius 1 is 1.53 bits per heavy atom. The molecule has 1 heterocycles. The van der Waals surface area contributed by atoms with E-state index in [1.165, 1.54) is 0 Å². The van der Waals surface area contributed by atoms with Crippen LogP contribution in [0.4, 0.5) is 5.69 Å². The summed E-state index contributed by atoms with van der Waals surface area (Å²) in [5, 5.41) is 0. The highest BCUT2D eigenvalue weighted by Gasteiger charge is 2.31. The Morgan fingerprint density at radius 2 is 2.26 bits per heavy atom. The normalized spacial score (nSPS) is 22.3. The van der Waals surface area contributed by atoms with E-state index in [1.54, 1.807) is 37.3 Å². The number of carbonyl (C=O) groups is 1. The molecule has 0 aliphatic carbocycles. The molecule has 1 saturated heterocycles. The van der Waals surface area contributed by atoms with Gasteiger partial charge >= 0.3 is 0 Å². The van der Waals surface area contributed by atoms with Crippen LogP contribution in [0.2, 0.25) is 0 Å². The molecule has 0 radical (unpaired) electrons. The number of nitrogens with zero attached hydrogens (tertiary/aromatic N) is 1. The zero-order valence-corrected chi connectivity index (χ0v) is 11.6. The molecular formula is C14H20N2O3. The third-order valence-corrected chi connectivity index (χ3v) is 3.64. The van der Waals surface area contributed by atoms with Crippen molar-refractivity contribution in [2.75, 3.05) is 26.5 Å². The molecule has 5 nitrogen and oxygen atoms in total. The summed E-state index contributed by atoms with van der Waals surface area (Å²) in [7, 11) is 3.35. The average molecular weight is 264 g/mol. The van der Waals surface area contributed by atoms with Crippen molar-refractivity contribution in [3.8, 4) is 5.75 Å². The monoisotopic (exact) mass is 264 g/mol. The first-order valence-electron chi connectivity index (χ1n) is 6.37. The molecule has 2 rings (SSSR count). The Morgan fingerprint density at radius 3 is 2.84 bits per heavy atom. The summed E-state index contributed by atoms with van der Waals surface area (Å²) in [5.74, 6) is 0.528. The molecule has 0 bridgehead atoms. The van der Waals surface area contributed by atoms with E-state index < -0.39 is 0 Å². The topological polar surface area (TPSA) is 64.8 Å². The minimum atomic E-state index is -0.0984. The molecule has 1 fully saturated rings. The Balaban J connectivity index is 2.23. The number of likely N-dealkylation sites (N-methyl/N-ethyl adjacent to an activating group) is 1. The van der Waals surface area contributed by atoms with Crippen molar-refractivity contribution in [1.82, 2.24) is 4.90 Å². The Hall–Kier alpha value is -1.75. The Kier molecular flexibility index (Phi) is 3.95. The molecule has 2 unspecified atom stereocenters. The summed E-state index contributed by atoms with van der Waals surface area (Å²) in [4.78, 5) is 14.2. The van der Waals surface area contributed by atoms with Crippen LogP contribution in [0.15, 0.2) is 18.2 Å². The average Bonchev–Trinajstić information content (AvgIpc) is 2.84. The first kappa shape index (κ1) is 13.7. The second kappa shape index (κ2) is 5.48. The van der Waals surface area contributed by atoms with E-state index in [2.05, 4.69) is 0 Å². The van der Waals surface area contributed by atoms with E-state index >= 15 is 0 Å². The first-order valence-corrected chi connectivity index (χ1v) is 6.37. The third-order valence-electron chi connectivity index (χ3n) is 3.64. The highest BCUT2D eigenvalue weighted by atomic mass is 16.5. The fourth-order valence-electron chi connectivity index (χ4n) is 2.42. The molecule has 1 aromatic rings. The van der Waals surface area contributed by atoms with Crippen LogP contribution >= 0.6 is 0 Å². The van der Waals surface area contributed by atoms with Gasteiger partial charge in [0.1, 0.15) is 5.75 Å². The standard InChI is InChI=1S/C14H20N2O3/c1-9-13(6-7-19-9)16(2)14(17)11-8-10(18-3)4-5-12(11)15/h4-5,8-9,13H,6-7,15H2,1-3H3. The maximum absolute atomic E-state index is 12.5. The molecule has 0 spiro atoms. The molecule has 5 heteroatoms. The summed E-state index contributed by atoms with van der Waals surface area (Å²) >= 11 is 0. The summed E-state index contributed by atoms with van der Waals surface area (Å²) < 4.78 is 10.6. The van der Waals surface area contributed by atoms with Crippen LogP contribution in [0.3, 0.4) is 0 Å². The lowest BCUT2D eigenvalue weighted by molar-refractivity contribution is 0.0575. The number of nitrogens with two attached hydrogens (primary N) is 1. The molecule has 1 amide bonds. The number of carbonyl (C=O) groups excluding carboxylic acids is 1. The SMILES string of the molecule is COc1ccc(N)c(C(=O)N(C)C2CCOC2C)c1. The summed E-state index contributed by atoms with van der Waals surface area (Å²) in [6.45, 7) is 2.67. The zero-order valence-electron chi connectivity index (χ0n) is 11.6. The number of amides is 1. The van der Waals surface area contributed by atoms with Gasteiger partial charge in [0.2, 0.25) is 0 Å². The van der Waals surface area contributed by atoms with Gasteiger partial charge < -0.3 is 20.1 Å². The molecule has 2 N–H and O–H groups in total. The van der Waals surface area contributed by atoms with Crippen molar-refractivity contribution in [3.05, 3.63) is 23.8 Å². The highest BCUT2D eigenvalue weighted by Crippen LogP contribution is 2.24. The smallest absolute Gasteiger partial charge is 0.256 e. The molecule has 1 aromatic carbocycles. The lowest BCUT2D eigenvalue weighted by Gasteiger charge is -2.27. The number of methoxy groups -OCH3 is 1. The third kappa shape index (κ3) is 2.66. The maximum Gasteiger partial charge on any atom is 0.256 e. The van der Waals surface area contributed by atoms with Gasteiger partial charge in [-0.3, -0.25) is 4.79 Å². The predicted octanol–water partition coefficient (Wildman–Crippen LogP) is 1.53. The number of hydrogen-bond acceptors (Lipinski definition) is 4. The van der Waals surface area contributed by atoms with Gasteiger partial charge in [-0.05, 0) is 31.5 Å². The zero-order chi connectivity index (χ0) is 14.0. The highest BCUT2D eigenvalue weighted by molar-refractivity contribution is 5.99. The van der Waals surface area contributed by atoms with Crippen LogP contribution in [0.1, 0.15) is 23.7 Å². The molecule has 19 heavy (non-hydrogen) atoms. The number of ether oxygens (including phenoxy) is 2. The summed E-state index contributed by atoms with van der Waals surface area (Å²) in [6, 6.07) is 5.20. The number of anilines is 1. The van der Waals surface area contributed by atoms with Crippen LogP contribution < -0.4 is 10.5 Å². The Labute approximate surface area is 113 Å². The molecule has 0 saturated carbocycles. The van der Waals surface area contributed by atoms with Crippen LogP contribution in [-0.2, 0) is 4.74 Å². The van der Waals surface area contributed by atoms with Gasteiger partial charge in [0.25, 0.3) is 5.91 Å². The van der Waals surface area contributed by atoms with Crippen molar-refractivity contribution in [2.45, 2.75) is 25.5 Å². The molecule has 2 atom stereocenters. The molecular weight excluding hydrogens is 244 g/mol. The number of hydrogen-bond donors (Lipinski definition) is 1. The van der Waals surface area contributed by atoms with Gasteiger partial charge in [0.15, 0.2) is 0 Å². The summed E-state index contributed by atoms with van der Waals surface area (Å²) in [6.07, 6.45) is 0.911.